The molecular weight excluding hydrogens is 414 g/mol. The number of nitrogens with one attached hydrogen (secondary N) is 2. The molecule has 1 saturated carbocycles. The van der Waals surface area contributed by atoms with Gasteiger partial charge in [0, 0.05) is 25.1 Å². The lowest BCUT2D eigenvalue weighted by atomic mass is 9.82. The van der Waals surface area contributed by atoms with Crippen molar-refractivity contribution in [1.82, 2.24) is 10.5 Å². The third-order valence-electron chi connectivity index (χ3n) is 5.98. The lowest BCUT2D eigenvalue weighted by molar-refractivity contribution is -0.121. The standard InChI is InChI=1S/C23H31N3O6/c1-4-24-23(31)20-19(25-22(30)14-7-5-13(11-27)6-8-14)21(32-26-20)16-9-15(12(2)3)17(28)10-18(16)29/h9-10,12-14,27-29H,4-8,11H2,1-3H3,(H,24,31)(H,25,30). The van der Waals surface area contributed by atoms with Crippen molar-refractivity contribution in [2.24, 2.45) is 11.8 Å². The zero-order valence-corrected chi connectivity index (χ0v) is 18.6. The molecule has 1 heterocycles. The number of nitrogens with zero attached hydrogens (tertiary/aromatic N) is 1. The van der Waals surface area contributed by atoms with Gasteiger partial charge in [-0.1, -0.05) is 19.0 Å². The van der Waals surface area contributed by atoms with Crippen molar-refractivity contribution in [3.8, 4) is 22.8 Å². The molecule has 3 rings (SSSR count). The highest BCUT2D eigenvalue weighted by atomic mass is 16.5. The van der Waals surface area contributed by atoms with Gasteiger partial charge in [0.1, 0.15) is 17.2 Å². The minimum absolute atomic E-state index is 0.0418. The maximum absolute atomic E-state index is 13.0. The normalized spacial score (nSPS) is 18.5. The van der Waals surface area contributed by atoms with Crippen LogP contribution in [0.25, 0.3) is 11.3 Å². The van der Waals surface area contributed by atoms with E-state index in [0.717, 1.165) is 12.8 Å². The summed E-state index contributed by atoms with van der Waals surface area (Å²) in [5.41, 5.74) is 0.793. The minimum Gasteiger partial charge on any atom is -0.508 e. The third-order valence-corrected chi connectivity index (χ3v) is 5.98. The summed E-state index contributed by atoms with van der Waals surface area (Å²) in [4.78, 5) is 25.6. The lowest BCUT2D eigenvalue weighted by Gasteiger charge is -2.26. The van der Waals surface area contributed by atoms with Gasteiger partial charge in [-0.05, 0) is 56.1 Å². The molecule has 0 aliphatic heterocycles. The van der Waals surface area contributed by atoms with Crippen LogP contribution in [-0.2, 0) is 4.79 Å². The molecule has 2 aromatic rings. The smallest absolute Gasteiger partial charge is 0.275 e. The van der Waals surface area contributed by atoms with Gasteiger partial charge < -0.3 is 30.5 Å². The quantitative estimate of drug-likeness (QED) is 0.439. The van der Waals surface area contributed by atoms with Crippen molar-refractivity contribution >= 4 is 17.5 Å². The van der Waals surface area contributed by atoms with E-state index in [9.17, 15) is 24.9 Å². The molecule has 9 nitrogen and oxygen atoms in total. The van der Waals surface area contributed by atoms with Crippen LogP contribution in [0.2, 0.25) is 0 Å². The number of benzene rings is 1. The fourth-order valence-corrected chi connectivity index (χ4v) is 4.06. The first-order valence-corrected chi connectivity index (χ1v) is 11.0. The van der Waals surface area contributed by atoms with Crippen LogP contribution in [0.4, 0.5) is 5.69 Å². The summed E-state index contributed by atoms with van der Waals surface area (Å²) in [6.45, 7) is 6.02. The highest BCUT2D eigenvalue weighted by Gasteiger charge is 2.31. The monoisotopic (exact) mass is 445 g/mol. The number of anilines is 1. The number of hydrogen-bond donors (Lipinski definition) is 5. The zero-order valence-electron chi connectivity index (χ0n) is 18.6. The van der Waals surface area contributed by atoms with Gasteiger partial charge in [0.25, 0.3) is 5.91 Å². The van der Waals surface area contributed by atoms with E-state index in [-0.39, 0.29) is 64.5 Å². The molecule has 5 N–H and O–H groups in total. The Labute approximate surface area is 186 Å². The molecule has 0 atom stereocenters. The van der Waals surface area contributed by atoms with Crippen molar-refractivity contribution < 1.29 is 29.4 Å². The minimum atomic E-state index is -0.510. The number of aromatic hydroxyl groups is 2. The zero-order chi connectivity index (χ0) is 23.4. The topological polar surface area (TPSA) is 145 Å². The molecule has 32 heavy (non-hydrogen) atoms. The van der Waals surface area contributed by atoms with E-state index < -0.39 is 5.91 Å². The maximum atomic E-state index is 13.0. The summed E-state index contributed by atoms with van der Waals surface area (Å²) < 4.78 is 5.43. The predicted molar refractivity (Wildman–Crippen MR) is 119 cm³/mol. The summed E-state index contributed by atoms with van der Waals surface area (Å²) in [5, 5.41) is 39.3. The van der Waals surface area contributed by atoms with Crippen LogP contribution in [0.1, 0.15) is 68.4 Å². The molecule has 174 valence electrons. The van der Waals surface area contributed by atoms with E-state index in [2.05, 4.69) is 15.8 Å². The Morgan fingerprint density at radius 3 is 2.44 bits per heavy atom. The third kappa shape index (κ3) is 4.88. The van der Waals surface area contributed by atoms with Crippen molar-refractivity contribution in [1.29, 1.82) is 0 Å². The van der Waals surface area contributed by atoms with Gasteiger partial charge in [-0.15, -0.1) is 0 Å². The van der Waals surface area contributed by atoms with E-state index in [0.29, 0.717) is 24.9 Å². The van der Waals surface area contributed by atoms with Gasteiger partial charge >= 0.3 is 0 Å². The highest BCUT2D eigenvalue weighted by molar-refractivity contribution is 6.06. The summed E-state index contributed by atoms with van der Waals surface area (Å²) in [6.07, 6.45) is 2.78. The van der Waals surface area contributed by atoms with E-state index in [1.807, 2.05) is 13.8 Å². The van der Waals surface area contributed by atoms with Crippen molar-refractivity contribution in [2.75, 3.05) is 18.5 Å². The molecule has 0 spiro atoms. The SMILES string of the molecule is CCNC(=O)c1noc(-c2cc(C(C)C)c(O)cc2O)c1NC(=O)C1CCC(CO)CC1. The predicted octanol–water partition coefficient (Wildman–Crippen LogP) is 3.36. The molecule has 1 aromatic heterocycles. The van der Waals surface area contributed by atoms with Crippen LogP contribution in [0.15, 0.2) is 16.7 Å². The average Bonchev–Trinajstić information content (AvgIpc) is 3.17. The summed E-state index contributed by atoms with van der Waals surface area (Å²) in [6, 6.07) is 2.78. The van der Waals surface area contributed by atoms with Crippen molar-refractivity contribution in [3.05, 3.63) is 23.4 Å². The molecule has 0 bridgehead atoms. The van der Waals surface area contributed by atoms with E-state index >= 15 is 0 Å². The molecular formula is C23H31N3O6. The van der Waals surface area contributed by atoms with Gasteiger partial charge in [-0.2, -0.15) is 0 Å². The summed E-state index contributed by atoms with van der Waals surface area (Å²) >= 11 is 0. The molecule has 1 aliphatic carbocycles. The van der Waals surface area contributed by atoms with Crippen molar-refractivity contribution in [3.63, 3.8) is 0 Å². The first-order chi connectivity index (χ1) is 15.3. The van der Waals surface area contributed by atoms with E-state index in [1.54, 1.807) is 13.0 Å². The van der Waals surface area contributed by atoms with Crippen LogP contribution in [0, 0.1) is 11.8 Å². The number of carbonyl (C=O) groups excluding carboxylic acids is 2. The second-order valence-corrected chi connectivity index (χ2v) is 8.57. The Bertz CT molecular complexity index is 976. The Morgan fingerprint density at radius 2 is 1.84 bits per heavy atom. The Kier molecular flexibility index (Phi) is 7.40. The number of carbonyl (C=O) groups is 2. The Balaban J connectivity index is 1.99. The van der Waals surface area contributed by atoms with Crippen LogP contribution in [-0.4, -0.2) is 45.4 Å². The van der Waals surface area contributed by atoms with Crippen molar-refractivity contribution in [2.45, 2.75) is 52.4 Å². The van der Waals surface area contributed by atoms with Gasteiger partial charge in [-0.3, -0.25) is 9.59 Å². The molecule has 1 aromatic carbocycles. The maximum Gasteiger partial charge on any atom is 0.275 e. The number of aliphatic hydroxyl groups excluding tert-OH is 1. The fourth-order valence-electron chi connectivity index (χ4n) is 4.06. The number of phenolic OH excluding ortho intramolecular Hbond substituents is 2. The molecule has 0 saturated heterocycles. The number of aromatic nitrogens is 1. The van der Waals surface area contributed by atoms with Crippen LogP contribution >= 0.6 is 0 Å². The van der Waals surface area contributed by atoms with Gasteiger partial charge in [0.2, 0.25) is 5.91 Å². The summed E-state index contributed by atoms with van der Waals surface area (Å²) in [7, 11) is 0. The van der Waals surface area contributed by atoms with Crippen LogP contribution in [0.3, 0.4) is 0 Å². The molecule has 0 unspecified atom stereocenters. The molecule has 1 fully saturated rings. The first kappa shape index (κ1) is 23.6. The number of aliphatic hydroxyl groups is 1. The average molecular weight is 446 g/mol. The molecule has 1 aliphatic rings. The van der Waals surface area contributed by atoms with Crippen LogP contribution in [0.5, 0.6) is 11.5 Å². The highest BCUT2D eigenvalue weighted by Crippen LogP contribution is 2.42. The number of rotatable bonds is 7. The van der Waals surface area contributed by atoms with E-state index in [1.165, 1.54) is 6.07 Å². The Hall–Kier alpha value is -3.07. The first-order valence-electron chi connectivity index (χ1n) is 11.0. The summed E-state index contributed by atoms with van der Waals surface area (Å²) in [5.74, 6) is -1.15. The number of phenols is 2. The second kappa shape index (κ2) is 10.0. The van der Waals surface area contributed by atoms with Crippen LogP contribution < -0.4 is 10.6 Å². The second-order valence-electron chi connectivity index (χ2n) is 8.57. The Morgan fingerprint density at radius 1 is 1.16 bits per heavy atom. The van der Waals surface area contributed by atoms with Gasteiger partial charge in [-0.25, -0.2) is 0 Å². The van der Waals surface area contributed by atoms with Gasteiger partial charge in [0.05, 0.1) is 5.56 Å². The van der Waals surface area contributed by atoms with E-state index in [4.69, 9.17) is 4.52 Å². The number of hydrogen-bond acceptors (Lipinski definition) is 7. The molecule has 9 heteroatoms. The fraction of sp³-hybridized carbons (Fsp3) is 0.522. The largest absolute Gasteiger partial charge is 0.508 e. The number of amides is 2. The molecule has 0 radical (unpaired) electrons. The molecule has 2 amide bonds. The lowest BCUT2D eigenvalue weighted by Crippen LogP contribution is -2.30. The van der Waals surface area contributed by atoms with Gasteiger partial charge in [0.15, 0.2) is 11.5 Å².